The number of anilines is 2. The number of carbonyl (C=O) groups excluding carboxylic acids is 1. The summed E-state index contributed by atoms with van der Waals surface area (Å²) in [5, 5.41) is 0. The molecule has 2 heterocycles. The molecule has 0 aromatic carbocycles. The van der Waals surface area contributed by atoms with Gasteiger partial charge in [0.2, 0.25) is 5.91 Å². The Morgan fingerprint density at radius 1 is 1.33 bits per heavy atom. The number of aromatic nitrogens is 1. The summed E-state index contributed by atoms with van der Waals surface area (Å²) in [5.74, 6) is -0.168. The molecule has 0 saturated carbocycles. The standard InChI is InChI=1S/C13H17F3N4O/c1-12(2)11(21)19(3)4-5-20(12)9-6-10(13(14,15)16)18-7-8(9)17/h6-7H,4-5,17H2,1-3H3. The summed E-state index contributed by atoms with van der Waals surface area (Å²) >= 11 is 0. The van der Waals surface area contributed by atoms with Gasteiger partial charge in [0.1, 0.15) is 11.2 Å². The van der Waals surface area contributed by atoms with Gasteiger partial charge in [0, 0.05) is 20.1 Å². The van der Waals surface area contributed by atoms with E-state index in [1.807, 2.05) is 0 Å². The molecule has 0 aliphatic carbocycles. The average molecular weight is 302 g/mol. The van der Waals surface area contributed by atoms with E-state index in [-0.39, 0.29) is 17.3 Å². The van der Waals surface area contributed by atoms with E-state index < -0.39 is 17.4 Å². The quantitative estimate of drug-likeness (QED) is 0.858. The van der Waals surface area contributed by atoms with E-state index in [1.165, 1.54) is 0 Å². The molecule has 1 fully saturated rings. The van der Waals surface area contributed by atoms with Gasteiger partial charge in [-0.15, -0.1) is 0 Å². The van der Waals surface area contributed by atoms with E-state index in [9.17, 15) is 18.0 Å². The van der Waals surface area contributed by atoms with E-state index in [2.05, 4.69) is 4.98 Å². The van der Waals surface area contributed by atoms with Crippen LogP contribution in [0.1, 0.15) is 19.5 Å². The van der Waals surface area contributed by atoms with Gasteiger partial charge in [-0.1, -0.05) is 0 Å². The Labute approximate surface area is 120 Å². The third-order valence-electron chi connectivity index (χ3n) is 3.70. The number of alkyl halides is 3. The molecule has 116 valence electrons. The fraction of sp³-hybridized carbons (Fsp3) is 0.538. The molecule has 2 rings (SSSR count). The summed E-state index contributed by atoms with van der Waals surface area (Å²) in [5.41, 5.74) is 4.08. The molecule has 1 amide bonds. The van der Waals surface area contributed by atoms with Gasteiger partial charge in [-0.05, 0) is 19.9 Å². The third kappa shape index (κ3) is 2.62. The van der Waals surface area contributed by atoms with Gasteiger partial charge < -0.3 is 15.5 Å². The first-order valence-corrected chi connectivity index (χ1v) is 6.41. The number of nitrogen functional groups attached to an aromatic ring is 1. The number of likely N-dealkylation sites (N-methyl/N-ethyl adjacent to an activating group) is 1. The van der Waals surface area contributed by atoms with Gasteiger partial charge in [0.05, 0.1) is 17.6 Å². The van der Waals surface area contributed by atoms with Crippen molar-refractivity contribution in [2.24, 2.45) is 0 Å². The molecule has 0 atom stereocenters. The van der Waals surface area contributed by atoms with Crippen molar-refractivity contribution in [2.45, 2.75) is 25.6 Å². The highest BCUT2D eigenvalue weighted by molar-refractivity contribution is 5.91. The number of piperazine rings is 1. The Bertz CT molecular complexity index is 571. The molecule has 0 radical (unpaired) electrons. The summed E-state index contributed by atoms with van der Waals surface area (Å²) in [6, 6.07) is 0.898. The minimum Gasteiger partial charge on any atom is -0.396 e. The van der Waals surface area contributed by atoms with E-state index in [0.29, 0.717) is 13.1 Å². The Morgan fingerprint density at radius 3 is 2.52 bits per heavy atom. The molecule has 1 aromatic rings. The Kier molecular flexibility index (Phi) is 3.51. The molecular formula is C13H17F3N4O. The Morgan fingerprint density at radius 2 is 1.95 bits per heavy atom. The van der Waals surface area contributed by atoms with Gasteiger partial charge >= 0.3 is 6.18 Å². The molecule has 1 saturated heterocycles. The van der Waals surface area contributed by atoms with Crippen LogP contribution in [0.5, 0.6) is 0 Å². The van der Waals surface area contributed by atoms with Crippen molar-refractivity contribution in [3.05, 3.63) is 18.0 Å². The molecule has 21 heavy (non-hydrogen) atoms. The van der Waals surface area contributed by atoms with Crippen LogP contribution in [0, 0.1) is 0 Å². The highest BCUT2D eigenvalue weighted by atomic mass is 19.4. The lowest BCUT2D eigenvalue weighted by Crippen LogP contribution is -2.62. The predicted molar refractivity (Wildman–Crippen MR) is 72.7 cm³/mol. The molecule has 0 spiro atoms. The maximum Gasteiger partial charge on any atom is 0.433 e. The molecule has 5 nitrogen and oxygen atoms in total. The predicted octanol–water partition coefficient (Wildman–Crippen LogP) is 1.74. The minimum absolute atomic E-state index is 0.119. The molecule has 0 bridgehead atoms. The summed E-state index contributed by atoms with van der Waals surface area (Å²) in [7, 11) is 1.67. The molecular weight excluding hydrogens is 285 g/mol. The molecule has 2 N–H and O–H groups in total. The van der Waals surface area contributed by atoms with Crippen LogP contribution in [-0.4, -0.2) is 41.5 Å². The van der Waals surface area contributed by atoms with Gasteiger partial charge in [0.25, 0.3) is 0 Å². The van der Waals surface area contributed by atoms with Gasteiger partial charge in [-0.3, -0.25) is 4.79 Å². The van der Waals surface area contributed by atoms with Crippen molar-refractivity contribution in [3.8, 4) is 0 Å². The lowest BCUT2D eigenvalue weighted by molar-refractivity contribution is -0.141. The number of nitrogens with zero attached hydrogens (tertiary/aromatic N) is 3. The van der Waals surface area contributed by atoms with E-state index in [4.69, 9.17) is 5.73 Å². The van der Waals surface area contributed by atoms with Crippen molar-refractivity contribution in [2.75, 3.05) is 30.8 Å². The van der Waals surface area contributed by atoms with Crippen molar-refractivity contribution in [3.63, 3.8) is 0 Å². The lowest BCUT2D eigenvalue weighted by Gasteiger charge is -2.46. The maximum atomic E-state index is 12.8. The molecule has 0 unspecified atom stereocenters. The topological polar surface area (TPSA) is 62.5 Å². The largest absolute Gasteiger partial charge is 0.433 e. The minimum atomic E-state index is -4.55. The second kappa shape index (κ2) is 4.78. The van der Waals surface area contributed by atoms with Crippen LogP contribution in [0.15, 0.2) is 12.3 Å². The number of halogens is 3. The average Bonchev–Trinajstić information content (AvgIpc) is 2.36. The number of hydrogen-bond donors (Lipinski definition) is 1. The summed E-state index contributed by atoms with van der Waals surface area (Å²) in [4.78, 5) is 18.7. The van der Waals surface area contributed by atoms with Gasteiger partial charge in [-0.2, -0.15) is 13.2 Å². The van der Waals surface area contributed by atoms with Crippen LogP contribution in [0.3, 0.4) is 0 Å². The number of nitrogens with two attached hydrogens (primary N) is 1. The van der Waals surface area contributed by atoms with Gasteiger partial charge in [0.15, 0.2) is 0 Å². The molecule has 1 aromatic heterocycles. The molecule has 1 aliphatic heterocycles. The van der Waals surface area contributed by atoms with Crippen LogP contribution in [0.25, 0.3) is 0 Å². The summed E-state index contributed by atoms with van der Waals surface area (Å²) < 4.78 is 38.4. The second-order valence-electron chi connectivity index (χ2n) is 5.56. The van der Waals surface area contributed by atoms with Crippen molar-refractivity contribution < 1.29 is 18.0 Å². The van der Waals surface area contributed by atoms with Crippen LogP contribution in [0.4, 0.5) is 24.5 Å². The first-order chi connectivity index (χ1) is 9.55. The normalized spacial score (nSPS) is 19.0. The van der Waals surface area contributed by atoms with E-state index >= 15 is 0 Å². The highest BCUT2D eigenvalue weighted by Gasteiger charge is 2.42. The summed E-state index contributed by atoms with van der Waals surface area (Å²) in [6.45, 7) is 4.16. The van der Waals surface area contributed by atoms with Crippen LogP contribution in [-0.2, 0) is 11.0 Å². The lowest BCUT2D eigenvalue weighted by atomic mass is 9.96. The fourth-order valence-corrected chi connectivity index (χ4v) is 2.48. The number of rotatable bonds is 1. The highest BCUT2D eigenvalue weighted by Crippen LogP contribution is 2.36. The zero-order valence-corrected chi connectivity index (χ0v) is 12.0. The number of amides is 1. The Balaban J connectivity index is 2.48. The Hall–Kier alpha value is -1.99. The second-order valence-corrected chi connectivity index (χ2v) is 5.56. The first-order valence-electron chi connectivity index (χ1n) is 6.41. The molecule has 8 heteroatoms. The maximum absolute atomic E-state index is 12.8. The van der Waals surface area contributed by atoms with Gasteiger partial charge in [-0.25, -0.2) is 4.98 Å². The smallest absolute Gasteiger partial charge is 0.396 e. The zero-order valence-electron chi connectivity index (χ0n) is 12.0. The van der Waals surface area contributed by atoms with Crippen molar-refractivity contribution in [1.29, 1.82) is 0 Å². The fourth-order valence-electron chi connectivity index (χ4n) is 2.48. The van der Waals surface area contributed by atoms with Crippen LogP contribution < -0.4 is 10.6 Å². The van der Waals surface area contributed by atoms with E-state index in [1.54, 1.807) is 30.7 Å². The van der Waals surface area contributed by atoms with Crippen LogP contribution in [0.2, 0.25) is 0 Å². The zero-order chi connectivity index (χ0) is 16.0. The SMILES string of the molecule is CN1CCN(c2cc(C(F)(F)F)ncc2N)C(C)(C)C1=O. The number of hydrogen-bond acceptors (Lipinski definition) is 4. The van der Waals surface area contributed by atoms with Crippen molar-refractivity contribution >= 4 is 17.3 Å². The third-order valence-corrected chi connectivity index (χ3v) is 3.70. The van der Waals surface area contributed by atoms with Crippen LogP contribution >= 0.6 is 0 Å². The number of pyridine rings is 1. The molecule has 1 aliphatic rings. The first kappa shape index (κ1) is 15.4. The summed E-state index contributed by atoms with van der Waals surface area (Å²) in [6.07, 6.45) is -3.57. The van der Waals surface area contributed by atoms with Crippen molar-refractivity contribution in [1.82, 2.24) is 9.88 Å². The number of carbonyl (C=O) groups is 1. The monoisotopic (exact) mass is 302 g/mol. The van der Waals surface area contributed by atoms with E-state index in [0.717, 1.165) is 12.3 Å².